The molecule has 3 rings (SSSR count). The minimum Gasteiger partial charge on any atom is -0.493 e. The summed E-state index contributed by atoms with van der Waals surface area (Å²) in [5.41, 5.74) is 1.41. The van der Waals surface area contributed by atoms with Gasteiger partial charge in [-0.3, -0.25) is 4.79 Å². The van der Waals surface area contributed by atoms with E-state index in [1.165, 1.54) is 18.9 Å². The molecule has 1 fully saturated rings. The molecule has 28 heavy (non-hydrogen) atoms. The number of pyridine rings is 1. The van der Waals surface area contributed by atoms with Gasteiger partial charge in [0.05, 0.1) is 33.2 Å². The van der Waals surface area contributed by atoms with Gasteiger partial charge in [-0.2, -0.15) is 0 Å². The average Bonchev–Trinajstić information content (AvgIpc) is 3.26. The van der Waals surface area contributed by atoms with Gasteiger partial charge in [0.25, 0.3) is 0 Å². The molecule has 0 spiro atoms. The summed E-state index contributed by atoms with van der Waals surface area (Å²) in [4.78, 5) is 18.9. The second-order valence-corrected chi connectivity index (χ2v) is 6.38. The van der Waals surface area contributed by atoms with Gasteiger partial charge in [-0.25, -0.2) is 4.98 Å². The predicted molar refractivity (Wildman–Crippen MR) is 109 cm³/mol. The Morgan fingerprint density at radius 3 is 2.29 bits per heavy atom. The number of aromatic nitrogens is 1. The molecule has 1 N–H and O–H groups in total. The molecule has 1 saturated heterocycles. The van der Waals surface area contributed by atoms with E-state index >= 15 is 0 Å². The summed E-state index contributed by atoms with van der Waals surface area (Å²) in [6.45, 7) is 2.08. The average molecular weight is 383 g/mol. The summed E-state index contributed by atoms with van der Waals surface area (Å²) in [7, 11) is 4.65. The van der Waals surface area contributed by atoms with Crippen LogP contribution in [0.2, 0.25) is 0 Å². The van der Waals surface area contributed by atoms with Gasteiger partial charge in [0.1, 0.15) is 5.82 Å². The van der Waals surface area contributed by atoms with E-state index in [0.717, 1.165) is 24.5 Å². The maximum atomic E-state index is 12.2. The molecule has 0 atom stereocenters. The molecule has 0 aliphatic carbocycles. The van der Waals surface area contributed by atoms with Crippen LogP contribution in [0.1, 0.15) is 18.4 Å². The molecule has 148 valence electrons. The van der Waals surface area contributed by atoms with Crippen molar-refractivity contribution in [3.63, 3.8) is 0 Å². The second-order valence-electron chi connectivity index (χ2n) is 6.38. The van der Waals surface area contributed by atoms with Crippen molar-refractivity contribution in [1.82, 2.24) is 4.98 Å². The lowest BCUT2D eigenvalue weighted by Crippen LogP contribution is -2.18. The highest BCUT2D eigenvalue weighted by Crippen LogP contribution is 2.38. The van der Waals surface area contributed by atoms with E-state index < -0.39 is 0 Å². The SMILES string of the molecule is COc1cc(/C=C/C(=O)Nc2ccc(N3CCCC3)nc2)cc(OC)c1OC. The Kier molecular flexibility index (Phi) is 6.37. The van der Waals surface area contributed by atoms with Crippen LogP contribution in [0.5, 0.6) is 17.2 Å². The van der Waals surface area contributed by atoms with Crippen LogP contribution in [0.25, 0.3) is 6.08 Å². The molecule has 0 bridgehead atoms. The van der Waals surface area contributed by atoms with Gasteiger partial charge in [-0.05, 0) is 48.7 Å². The third-order valence-corrected chi connectivity index (χ3v) is 4.56. The first-order valence-corrected chi connectivity index (χ1v) is 9.14. The van der Waals surface area contributed by atoms with Crippen LogP contribution in [0.4, 0.5) is 11.5 Å². The molecule has 1 aromatic carbocycles. The van der Waals surface area contributed by atoms with E-state index in [4.69, 9.17) is 14.2 Å². The monoisotopic (exact) mass is 383 g/mol. The maximum Gasteiger partial charge on any atom is 0.248 e. The zero-order valence-corrected chi connectivity index (χ0v) is 16.4. The molecule has 7 nitrogen and oxygen atoms in total. The number of carbonyl (C=O) groups is 1. The highest BCUT2D eigenvalue weighted by atomic mass is 16.5. The highest BCUT2D eigenvalue weighted by Gasteiger charge is 2.14. The van der Waals surface area contributed by atoms with Crippen LogP contribution >= 0.6 is 0 Å². The van der Waals surface area contributed by atoms with Crippen molar-refractivity contribution >= 4 is 23.5 Å². The fraction of sp³-hybridized carbons (Fsp3) is 0.333. The van der Waals surface area contributed by atoms with Crippen LogP contribution in [0, 0.1) is 0 Å². The Bertz CT molecular complexity index is 818. The summed E-state index contributed by atoms with van der Waals surface area (Å²) in [6, 6.07) is 7.35. The maximum absolute atomic E-state index is 12.2. The van der Waals surface area contributed by atoms with Gasteiger partial charge >= 0.3 is 0 Å². The molecular formula is C21H25N3O4. The molecule has 0 radical (unpaired) electrons. The Morgan fingerprint density at radius 2 is 1.75 bits per heavy atom. The molecule has 0 unspecified atom stereocenters. The van der Waals surface area contributed by atoms with Gasteiger partial charge in [-0.1, -0.05) is 0 Å². The zero-order chi connectivity index (χ0) is 19.9. The first-order valence-electron chi connectivity index (χ1n) is 9.14. The normalized spacial score (nSPS) is 13.6. The number of ether oxygens (including phenoxy) is 3. The first-order chi connectivity index (χ1) is 13.6. The third kappa shape index (κ3) is 4.54. The van der Waals surface area contributed by atoms with Crippen LogP contribution in [0.3, 0.4) is 0 Å². The van der Waals surface area contributed by atoms with Gasteiger partial charge in [-0.15, -0.1) is 0 Å². The van der Waals surface area contributed by atoms with Crippen LogP contribution in [-0.4, -0.2) is 45.3 Å². The topological polar surface area (TPSA) is 72.9 Å². The predicted octanol–water partition coefficient (Wildman–Crippen LogP) is 3.36. The molecule has 1 aliphatic heterocycles. The van der Waals surface area contributed by atoms with Crippen molar-refractivity contribution in [2.24, 2.45) is 0 Å². The lowest BCUT2D eigenvalue weighted by molar-refractivity contribution is -0.111. The molecule has 2 heterocycles. The number of carbonyl (C=O) groups excluding carboxylic acids is 1. The van der Waals surface area contributed by atoms with Crippen molar-refractivity contribution < 1.29 is 19.0 Å². The van der Waals surface area contributed by atoms with Crippen LogP contribution < -0.4 is 24.4 Å². The number of rotatable bonds is 7. The number of hydrogen-bond acceptors (Lipinski definition) is 6. The summed E-state index contributed by atoms with van der Waals surface area (Å²) in [6.07, 6.45) is 7.22. The minimum atomic E-state index is -0.246. The Hall–Kier alpha value is -3.22. The fourth-order valence-corrected chi connectivity index (χ4v) is 3.15. The van der Waals surface area contributed by atoms with Gasteiger partial charge in [0, 0.05) is 19.2 Å². The van der Waals surface area contributed by atoms with Crippen molar-refractivity contribution in [3.05, 3.63) is 42.1 Å². The summed E-state index contributed by atoms with van der Waals surface area (Å²) < 4.78 is 15.9. The quantitative estimate of drug-likeness (QED) is 0.739. The minimum absolute atomic E-state index is 0.246. The second kappa shape index (κ2) is 9.12. The van der Waals surface area contributed by atoms with Crippen molar-refractivity contribution in [2.75, 3.05) is 44.6 Å². The number of methoxy groups -OCH3 is 3. The standard InChI is InChI=1S/C21H25N3O4/c1-26-17-12-15(13-18(27-2)21(17)28-3)6-9-20(25)23-16-7-8-19(22-14-16)24-10-4-5-11-24/h6-9,12-14H,4-5,10-11H2,1-3H3,(H,23,25)/b9-6+. The lowest BCUT2D eigenvalue weighted by atomic mass is 10.1. The lowest BCUT2D eigenvalue weighted by Gasteiger charge is -2.16. The Labute approximate surface area is 164 Å². The van der Waals surface area contributed by atoms with Crippen LogP contribution in [0.15, 0.2) is 36.5 Å². The van der Waals surface area contributed by atoms with E-state index in [2.05, 4.69) is 15.2 Å². The summed E-state index contributed by atoms with van der Waals surface area (Å²) in [5.74, 6) is 2.27. The number of anilines is 2. The summed E-state index contributed by atoms with van der Waals surface area (Å²) >= 11 is 0. The number of benzene rings is 1. The number of nitrogens with zero attached hydrogens (tertiary/aromatic N) is 2. The molecule has 0 saturated carbocycles. The van der Waals surface area contributed by atoms with E-state index in [0.29, 0.717) is 22.9 Å². The van der Waals surface area contributed by atoms with E-state index in [1.54, 1.807) is 45.7 Å². The number of hydrogen-bond donors (Lipinski definition) is 1. The van der Waals surface area contributed by atoms with Crippen LogP contribution in [-0.2, 0) is 4.79 Å². The summed E-state index contributed by atoms with van der Waals surface area (Å²) in [5, 5.41) is 2.82. The zero-order valence-electron chi connectivity index (χ0n) is 16.4. The smallest absolute Gasteiger partial charge is 0.248 e. The number of amides is 1. The molecule has 1 aliphatic rings. The first kappa shape index (κ1) is 19.5. The van der Waals surface area contributed by atoms with Crippen molar-refractivity contribution in [3.8, 4) is 17.2 Å². The van der Waals surface area contributed by atoms with Gasteiger partial charge in [0.15, 0.2) is 11.5 Å². The van der Waals surface area contributed by atoms with E-state index in [-0.39, 0.29) is 5.91 Å². The van der Waals surface area contributed by atoms with E-state index in [1.807, 2.05) is 12.1 Å². The van der Waals surface area contributed by atoms with Gasteiger partial charge < -0.3 is 24.4 Å². The Balaban J connectivity index is 1.66. The van der Waals surface area contributed by atoms with Gasteiger partial charge in [0.2, 0.25) is 11.7 Å². The molecular weight excluding hydrogens is 358 g/mol. The molecule has 1 aromatic heterocycles. The highest BCUT2D eigenvalue weighted by molar-refractivity contribution is 6.01. The molecule has 2 aromatic rings. The Morgan fingerprint density at radius 1 is 1.07 bits per heavy atom. The van der Waals surface area contributed by atoms with Crippen molar-refractivity contribution in [2.45, 2.75) is 12.8 Å². The fourth-order valence-electron chi connectivity index (χ4n) is 3.15. The third-order valence-electron chi connectivity index (χ3n) is 4.56. The molecule has 1 amide bonds. The number of nitrogens with one attached hydrogen (secondary N) is 1. The van der Waals surface area contributed by atoms with E-state index in [9.17, 15) is 4.79 Å². The largest absolute Gasteiger partial charge is 0.493 e. The molecule has 7 heteroatoms. The van der Waals surface area contributed by atoms with Crippen molar-refractivity contribution in [1.29, 1.82) is 0 Å².